The highest BCUT2D eigenvalue weighted by Gasteiger charge is 2.70. The molecule has 3 saturated carbocycles. The van der Waals surface area contributed by atoms with Crippen molar-refractivity contribution in [2.24, 2.45) is 28.6 Å². The summed E-state index contributed by atoms with van der Waals surface area (Å²) in [6.07, 6.45) is 2.87. The first-order valence-corrected chi connectivity index (χ1v) is 9.83. The van der Waals surface area contributed by atoms with Gasteiger partial charge in [-0.05, 0) is 54.4 Å². The van der Waals surface area contributed by atoms with Gasteiger partial charge in [-0.3, -0.25) is 9.59 Å². The number of aliphatic hydroxyl groups is 3. The number of hydrogen-bond acceptors (Lipinski definition) is 5. The lowest BCUT2D eigenvalue weighted by Gasteiger charge is -2.59. The Morgan fingerprint density at radius 2 is 2.07 bits per heavy atom. The molecule has 4 aliphatic rings. The first-order chi connectivity index (χ1) is 13.0. The summed E-state index contributed by atoms with van der Waals surface area (Å²) in [7, 11) is 0. The Labute approximate surface area is 163 Å². The van der Waals surface area contributed by atoms with Crippen molar-refractivity contribution < 1.29 is 29.3 Å². The van der Waals surface area contributed by atoms with E-state index in [1.54, 1.807) is 13.0 Å². The molecule has 0 amide bonds. The fourth-order valence-electron chi connectivity index (χ4n) is 6.92. The highest BCUT2D eigenvalue weighted by atomic mass is 19.1. The maximum absolute atomic E-state index is 15.2. The Morgan fingerprint density at radius 1 is 1.39 bits per heavy atom. The van der Waals surface area contributed by atoms with Gasteiger partial charge < -0.3 is 15.3 Å². The van der Waals surface area contributed by atoms with Crippen LogP contribution >= 0.6 is 0 Å². The van der Waals surface area contributed by atoms with Crippen LogP contribution in [0.5, 0.6) is 0 Å². The molecule has 0 spiro atoms. The molecule has 28 heavy (non-hydrogen) atoms. The minimum absolute atomic E-state index is 0.126. The van der Waals surface area contributed by atoms with E-state index < -0.39 is 41.1 Å². The van der Waals surface area contributed by atoms with Gasteiger partial charge in [-0.15, -0.1) is 0 Å². The van der Waals surface area contributed by atoms with Crippen molar-refractivity contribution in [3.63, 3.8) is 0 Å². The normalized spacial score (nSPS) is 49.9. The van der Waals surface area contributed by atoms with E-state index in [4.69, 9.17) is 0 Å². The van der Waals surface area contributed by atoms with Crippen molar-refractivity contribution in [1.29, 1.82) is 0 Å². The van der Waals surface area contributed by atoms with E-state index in [9.17, 15) is 24.9 Å². The van der Waals surface area contributed by atoms with Crippen molar-refractivity contribution in [3.8, 4) is 0 Å². The molecule has 0 heterocycles. The van der Waals surface area contributed by atoms with Crippen LogP contribution in [-0.2, 0) is 9.59 Å². The molecule has 6 heteroatoms. The van der Waals surface area contributed by atoms with E-state index in [0.29, 0.717) is 17.6 Å². The number of carbonyl (C=O) groups excluding carboxylic acids is 2. The number of carbonyl (C=O) groups is 2. The lowest BCUT2D eigenvalue weighted by atomic mass is 9.46. The van der Waals surface area contributed by atoms with Gasteiger partial charge in [-0.1, -0.05) is 26.5 Å². The maximum atomic E-state index is 15.2. The van der Waals surface area contributed by atoms with Crippen LogP contribution in [0.15, 0.2) is 36.0 Å². The second kappa shape index (κ2) is 5.94. The number of allylic oxidation sites excluding steroid dienone is 4. The highest BCUT2D eigenvalue weighted by molar-refractivity contribution is 6.01. The van der Waals surface area contributed by atoms with Gasteiger partial charge in [-0.2, -0.15) is 0 Å². The zero-order chi connectivity index (χ0) is 20.6. The van der Waals surface area contributed by atoms with Crippen LogP contribution < -0.4 is 0 Å². The predicted octanol–water partition coefficient (Wildman–Crippen LogP) is 1.67. The lowest BCUT2D eigenvalue weighted by Crippen LogP contribution is -2.63. The van der Waals surface area contributed by atoms with Gasteiger partial charge in [0.1, 0.15) is 12.8 Å². The van der Waals surface area contributed by atoms with Crippen LogP contribution in [0.4, 0.5) is 4.39 Å². The van der Waals surface area contributed by atoms with Crippen LogP contribution in [-0.4, -0.2) is 51.4 Å². The number of alkyl halides is 1. The molecular weight excluding hydrogens is 363 g/mol. The third-order valence-electron chi connectivity index (χ3n) is 8.22. The third-order valence-corrected chi connectivity index (χ3v) is 8.22. The van der Waals surface area contributed by atoms with E-state index in [2.05, 4.69) is 6.58 Å². The van der Waals surface area contributed by atoms with Crippen molar-refractivity contribution in [2.45, 2.75) is 51.0 Å². The molecule has 0 bridgehead atoms. The fraction of sp³-hybridized carbons (Fsp3) is 0.636. The Balaban J connectivity index is 1.82. The minimum Gasteiger partial charge on any atom is -0.393 e. The van der Waals surface area contributed by atoms with E-state index in [1.807, 2.05) is 6.92 Å². The average Bonchev–Trinajstić information content (AvgIpc) is 2.83. The van der Waals surface area contributed by atoms with Gasteiger partial charge >= 0.3 is 0 Å². The summed E-state index contributed by atoms with van der Waals surface area (Å²) in [6.45, 7) is 6.69. The smallest absolute Gasteiger partial charge is 0.194 e. The van der Waals surface area contributed by atoms with Crippen molar-refractivity contribution in [1.82, 2.24) is 0 Å². The minimum atomic E-state index is -1.93. The number of fused-ring (bicyclic) bond motifs is 5. The maximum Gasteiger partial charge on any atom is 0.194 e. The molecule has 8 atom stereocenters. The Bertz CT molecular complexity index is 831. The van der Waals surface area contributed by atoms with E-state index in [-0.39, 0.29) is 36.4 Å². The predicted molar refractivity (Wildman–Crippen MR) is 99.9 cm³/mol. The summed E-state index contributed by atoms with van der Waals surface area (Å²) >= 11 is 0. The summed E-state index contributed by atoms with van der Waals surface area (Å²) < 4.78 is 15.2. The van der Waals surface area contributed by atoms with Gasteiger partial charge in [0, 0.05) is 16.7 Å². The molecule has 0 aromatic rings. The molecule has 1 unspecified atom stereocenters. The molecule has 0 aromatic carbocycles. The van der Waals surface area contributed by atoms with Crippen molar-refractivity contribution in [2.75, 3.05) is 6.61 Å². The molecule has 0 aliphatic heterocycles. The molecule has 4 aliphatic carbocycles. The second-order valence-corrected chi connectivity index (χ2v) is 9.41. The zero-order valence-electron chi connectivity index (χ0n) is 16.2. The van der Waals surface area contributed by atoms with Gasteiger partial charge in [-0.25, -0.2) is 4.39 Å². The van der Waals surface area contributed by atoms with Gasteiger partial charge in [0.2, 0.25) is 0 Å². The number of hydrogen-bond donors (Lipinski definition) is 3. The van der Waals surface area contributed by atoms with Crippen LogP contribution in [0.2, 0.25) is 0 Å². The first-order valence-electron chi connectivity index (χ1n) is 9.83. The topological polar surface area (TPSA) is 94.8 Å². The highest BCUT2D eigenvalue weighted by Crippen LogP contribution is 2.68. The number of rotatable bonds is 2. The van der Waals surface area contributed by atoms with Crippen LogP contribution in [0.3, 0.4) is 0 Å². The van der Waals surface area contributed by atoms with Gasteiger partial charge in [0.25, 0.3) is 0 Å². The Morgan fingerprint density at radius 3 is 2.71 bits per heavy atom. The Kier molecular flexibility index (Phi) is 4.17. The van der Waals surface area contributed by atoms with E-state index >= 15 is 4.39 Å². The van der Waals surface area contributed by atoms with Crippen molar-refractivity contribution in [3.05, 3.63) is 36.0 Å². The quantitative estimate of drug-likeness (QED) is 0.624. The van der Waals surface area contributed by atoms with Crippen LogP contribution in [0.25, 0.3) is 0 Å². The summed E-state index contributed by atoms with van der Waals surface area (Å²) in [4.78, 5) is 24.3. The molecule has 5 nitrogen and oxygen atoms in total. The molecule has 0 radical (unpaired) electrons. The van der Waals surface area contributed by atoms with Gasteiger partial charge in [0.15, 0.2) is 17.2 Å². The second-order valence-electron chi connectivity index (χ2n) is 9.41. The standard InChI is InChI=1S/C22H27FO5/c1-11-6-14-13-8-16(23)15-7-12(25)4-5-20(15,2)19(13)17(26)9-21(14,3)22(11,28)18(27)10-24/h4-5,7,13-14,16-17,19,24,26,28H,1,6,8-10H2,2-3H3/t13-,14-,16?,17-,19+,20-,21-,22-/m0/s1. The zero-order valence-corrected chi connectivity index (χ0v) is 16.2. The van der Waals surface area contributed by atoms with E-state index in [0.717, 1.165) is 0 Å². The number of halogens is 1. The third kappa shape index (κ3) is 2.17. The van der Waals surface area contributed by atoms with Gasteiger partial charge in [0.05, 0.1) is 6.10 Å². The molecule has 152 valence electrons. The first kappa shape index (κ1) is 19.7. The summed E-state index contributed by atoms with van der Waals surface area (Å²) in [6, 6.07) is 0. The number of Topliss-reactive ketones (excluding diaryl/α,β-unsaturated/α-hetero) is 1. The monoisotopic (exact) mass is 390 g/mol. The molecule has 3 fully saturated rings. The molecule has 0 aromatic heterocycles. The summed E-state index contributed by atoms with van der Waals surface area (Å²) in [5.41, 5.74) is -3.03. The van der Waals surface area contributed by atoms with Crippen LogP contribution in [0, 0.1) is 28.6 Å². The summed E-state index contributed by atoms with van der Waals surface area (Å²) in [5, 5.41) is 31.9. The van der Waals surface area contributed by atoms with Crippen LogP contribution in [0.1, 0.15) is 33.1 Å². The van der Waals surface area contributed by atoms with E-state index in [1.165, 1.54) is 12.2 Å². The van der Waals surface area contributed by atoms with Crippen molar-refractivity contribution >= 4 is 11.6 Å². The molecular formula is C22H27FO5. The SMILES string of the molecule is C=C1C[C@H]2[C@@H]3CC(F)C4=CC(=O)C=C[C@]4(C)[C@H]3[C@@H](O)C[C@]2(C)[C@@]1(O)C(=O)CO. The molecule has 3 N–H and O–H groups in total. The fourth-order valence-corrected chi connectivity index (χ4v) is 6.92. The molecule has 0 saturated heterocycles. The molecule has 4 rings (SSSR count). The lowest BCUT2D eigenvalue weighted by molar-refractivity contribution is -0.176. The Hall–Kier alpha value is -1.63. The number of ketones is 2. The average molecular weight is 390 g/mol. The number of aliphatic hydroxyl groups excluding tert-OH is 2. The largest absolute Gasteiger partial charge is 0.393 e. The summed E-state index contributed by atoms with van der Waals surface area (Å²) in [5.74, 6) is -1.85.